The van der Waals surface area contributed by atoms with Gasteiger partial charge in [0.25, 0.3) is 0 Å². The van der Waals surface area contributed by atoms with Crippen LogP contribution in [0.5, 0.6) is 0 Å². The van der Waals surface area contributed by atoms with E-state index in [1.54, 1.807) is 0 Å². The van der Waals surface area contributed by atoms with Crippen molar-refractivity contribution in [2.75, 3.05) is 13.2 Å². The number of benzene rings is 1. The van der Waals surface area contributed by atoms with Gasteiger partial charge < -0.3 is 10.1 Å². The molecule has 1 aromatic carbocycles. The number of nitrogens with zero attached hydrogens (tertiary/aromatic N) is 1. The molecule has 1 atom stereocenters. The topological polar surface area (TPSA) is 51.2 Å². The molecule has 4 nitrogen and oxygen atoms in total. The third-order valence-corrected chi connectivity index (χ3v) is 3.90. The van der Waals surface area contributed by atoms with Crippen LogP contribution in [0, 0.1) is 6.92 Å². The number of carbonyl (C=O) groups excluding carboxylic acids is 1. The van der Waals surface area contributed by atoms with E-state index in [0.29, 0.717) is 13.0 Å². The number of rotatable bonds is 4. The number of aryl methyl sites for hydroxylation is 1. The van der Waals surface area contributed by atoms with Crippen molar-refractivity contribution in [1.29, 1.82) is 0 Å². The second-order valence-corrected chi connectivity index (χ2v) is 5.56. The molecule has 1 aliphatic rings. The lowest BCUT2D eigenvalue weighted by atomic mass is 10.1. The zero-order chi connectivity index (χ0) is 14.7. The Morgan fingerprint density at radius 1 is 1.43 bits per heavy atom. The Morgan fingerprint density at radius 3 is 3.10 bits per heavy atom. The number of fused-ring (bicyclic) bond motifs is 1. The second-order valence-electron chi connectivity index (χ2n) is 5.56. The van der Waals surface area contributed by atoms with Crippen LogP contribution < -0.4 is 5.32 Å². The standard InChI is InChI=1S/C17H20N2O2/c1-12-9-13-5-2-3-7-15(13)19-16(12)10-17(20)18-11-14-6-4-8-21-14/h2-3,5,7,9,14H,4,6,8,10-11H2,1H3,(H,18,20). The van der Waals surface area contributed by atoms with E-state index in [1.165, 1.54) is 0 Å². The molecule has 1 aromatic heterocycles. The summed E-state index contributed by atoms with van der Waals surface area (Å²) in [6, 6.07) is 10.1. The van der Waals surface area contributed by atoms with Crippen LogP contribution in [-0.4, -0.2) is 30.1 Å². The minimum absolute atomic E-state index is 0.0105. The Labute approximate surface area is 124 Å². The van der Waals surface area contributed by atoms with Gasteiger partial charge in [0, 0.05) is 18.5 Å². The summed E-state index contributed by atoms with van der Waals surface area (Å²) in [5.74, 6) is 0.0105. The van der Waals surface area contributed by atoms with Crippen molar-refractivity contribution in [3.63, 3.8) is 0 Å². The lowest BCUT2D eigenvalue weighted by Gasteiger charge is -2.11. The van der Waals surface area contributed by atoms with Crippen molar-refractivity contribution < 1.29 is 9.53 Å². The molecule has 1 unspecified atom stereocenters. The summed E-state index contributed by atoms with van der Waals surface area (Å²) in [4.78, 5) is 16.7. The van der Waals surface area contributed by atoms with Crippen LogP contribution in [0.3, 0.4) is 0 Å². The SMILES string of the molecule is Cc1cc2ccccc2nc1CC(=O)NCC1CCCO1. The predicted molar refractivity (Wildman–Crippen MR) is 82.2 cm³/mol. The van der Waals surface area contributed by atoms with Crippen molar-refractivity contribution in [3.05, 3.63) is 41.6 Å². The van der Waals surface area contributed by atoms with Gasteiger partial charge in [0.2, 0.25) is 5.91 Å². The van der Waals surface area contributed by atoms with Crippen molar-refractivity contribution in [3.8, 4) is 0 Å². The number of nitrogens with one attached hydrogen (secondary N) is 1. The average Bonchev–Trinajstić information content (AvgIpc) is 2.99. The van der Waals surface area contributed by atoms with E-state index >= 15 is 0 Å². The number of carbonyl (C=O) groups is 1. The summed E-state index contributed by atoms with van der Waals surface area (Å²) in [5, 5.41) is 4.05. The van der Waals surface area contributed by atoms with E-state index < -0.39 is 0 Å². The summed E-state index contributed by atoms with van der Waals surface area (Å²) in [7, 11) is 0. The molecule has 0 spiro atoms. The minimum atomic E-state index is 0.0105. The van der Waals surface area contributed by atoms with Gasteiger partial charge in [-0.05, 0) is 37.5 Å². The normalized spacial score (nSPS) is 18.0. The highest BCUT2D eigenvalue weighted by atomic mass is 16.5. The molecule has 1 N–H and O–H groups in total. The largest absolute Gasteiger partial charge is 0.376 e. The van der Waals surface area contributed by atoms with Gasteiger partial charge in [-0.2, -0.15) is 0 Å². The Kier molecular flexibility index (Phi) is 4.15. The molecule has 0 radical (unpaired) electrons. The molecular weight excluding hydrogens is 264 g/mol. The molecule has 1 saturated heterocycles. The van der Waals surface area contributed by atoms with Gasteiger partial charge in [-0.3, -0.25) is 9.78 Å². The highest BCUT2D eigenvalue weighted by molar-refractivity contribution is 5.82. The Morgan fingerprint density at radius 2 is 2.29 bits per heavy atom. The Hall–Kier alpha value is -1.94. The van der Waals surface area contributed by atoms with E-state index in [4.69, 9.17) is 4.74 Å². The monoisotopic (exact) mass is 284 g/mol. The highest BCUT2D eigenvalue weighted by Crippen LogP contribution is 2.16. The number of pyridine rings is 1. The van der Waals surface area contributed by atoms with Crippen LogP contribution in [0.2, 0.25) is 0 Å². The molecule has 3 rings (SSSR count). The zero-order valence-corrected chi connectivity index (χ0v) is 12.3. The van der Waals surface area contributed by atoms with Gasteiger partial charge in [0.05, 0.1) is 23.7 Å². The average molecular weight is 284 g/mol. The Bertz CT molecular complexity index is 648. The third-order valence-electron chi connectivity index (χ3n) is 3.90. The van der Waals surface area contributed by atoms with Crippen LogP contribution in [0.15, 0.2) is 30.3 Å². The number of hydrogen-bond acceptors (Lipinski definition) is 3. The maximum Gasteiger partial charge on any atom is 0.226 e. The number of ether oxygens (including phenoxy) is 1. The van der Waals surface area contributed by atoms with Crippen molar-refractivity contribution in [2.45, 2.75) is 32.3 Å². The van der Waals surface area contributed by atoms with Crippen LogP contribution in [0.4, 0.5) is 0 Å². The summed E-state index contributed by atoms with van der Waals surface area (Å²) < 4.78 is 5.50. The first-order valence-electron chi connectivity index (χ1n) is 7.46. The molecule has 1 amide bonds. The summed E-state index contributed by atoms with van der Waals surface area (Å²) in [6.07, 6.45) is 2.63. The molecule has 2 aromatic rings. The summed E-state index contributed by atoms with van der Waals surface area (Å²) in [6.45, 7) is 3.42. The fourth-order valence-corrected chi connectivity index (χ4v) is 2.69. The maximum atomic E-state index is 12.1. The van der Waals surface area contributed by atoms with Crippen molar-refractivity contribution in [2.24, 2.45) is 0 Å². The first kappa shape index (κ1) is 14.0. The quantitative estimate of drug-likeness (QED) is 0.938. The molecule has 1 fully saturated rings. The van der Waals surface area contributed by atoms with E-state index in [-0.39, 0.29) is 12.0 Å². The molecule has 4 heteroatoms. The van der Waals surface area contributed by atoms with E-state index in [0.717, 1.165) is 41.6 Å². The van der Waals surface area contributed by atoms with Gasteiger partial charge in [0.1, 0.15) is 0 Å². The fourth-order valence-electron chi connectivity index (χ4n) is 2.69. The van der Waals surface area contributed by atoms with Crippen LogP contribution in [0.1, 0.15) is 24.1 Å². The van der Waals surface area contributed by atoms with E-state index in [2.05, 4.69) is 16.4 Å². The summed E-state index contributed by atoms with van der Waals surface area (Å²) in [5.41, 5.74) is 2.84. The van der Waals surface area contributed by atoms with Gasteiger partial charge in [-0.15, -0.1) is 0 Å². The van der Waals surface area contributed by atoms with Gasteiger partial charge in [-0.1, -0.05) is 18.2 Å². The summed E-state index contributed by atoms with van der Waals surface area (Å²) >= 11 is 0. The molecule has 110 valence electrons. The zero-order valence-electron chi connectivity index (χ0n) is 12.3. The fraction of sp³-hybridized carbons (Fsp3) is 0.412. The lowest BCUT2D eigenvalue weighted by molar-refractivity contribution is -0.121. The van der Waals surface area contributed by atoms with Crippen LogP contribution >= 0.6 is 0 Å². The van der Waals surface area contributed by atoms with E-state index in [1.807, 2.05) is 31.2 Å². The number of amides is 1. The smallest absolute Gasteiger partial charge is 0.226 e. The molecule has 1 aliphatic heterocycles. The molecule has 2 heterocycles. The first-order chi connectivity index (χ1) is 10.2. The van der Waals surface area contributed by atoms with Crippen molar-refractivity contribution >= 4 is 16.8 Å². The molecule has 0 aliphatic carbocycles. The number of para-hydroxylation sites is 1. The van der Waals surface area contributed by atoms with Gasteiger partial charge in [-0.25, -0.2) is 0 Å². The molecule has 21 heavy (non-hydrogen) atoms. The van der Waals surface area contributed by atoms with Crippen molar-refractivity contribution in [1.82, 2.24) is 10.3 Å². The number of hydrogen-bond donors (Lipinski definition) is 1. The van der Waals surface area contributed by atoms with E-state index in [9.17, 15) is 4.79 Å². The molecule has 0 bridgehead atoms. The van der Waals surface area contributed by atoms with Gasteiger partial charge in [0.15, 0.2) is 0 Å². The van der Waals surface area contributed by atoms with Gasteiger partial charge >= 0.3 is 0 Å². The van der Waals surface area contributed by atoms with Crippen LogP contribution in [-0.2, 0) is 16.0 Å². The second kappa shape index (κ2) is 6.22. The predicted octanol–water partition coefficient (Wildman–Crippen LogP) is 2.38. The Balaban J connectivity index is 1.66. The first-order valence-corrected chi connectivity index (χ1v) is 7.46. The maximum absolute atomic E-state index is 12.1. The molecular formula is C17H20N2O2. The molecule has 0 saturated carbocycles. The number of aromatic nitrogens is 1. The minimum Gasteiger partial charge on any atom is -0.376 e. The lowest BCUT2D eigenvalue weighted by Crippen LogP contribution is -2.33. The third kappa shape index (κ3) is 3.39. The van der Waals surface area contributed by atoms with Crippen LogP contribution in [0.25, 0.3) is 10.9 Å². The highest BCUT2D eigenvalue weighted by Gasteiger charge is 2.16.